The van der Waals surface area contributed by atoms with Crippen LogP contribution < -0.4 is 4.90 Å². The van der Waals surface area contributed by atoms with Gasteiger partial charge in [0.2, 0.25) is 0 Å². The van der Waals surface area contributed by atoms with Crippen LogP contribution in [0.1, 0.15) is 5.56 Å². The van der Waals surface area contributed by atoms with Gasteiger partial charge in [0.05, 0.1) is 10.7 Å². The van der Waals surface area contributed by atoms with Crippen molar-refractivity contribution in [3.63, 3.8) is 0 Å². The number of hydrogen-bond acceptors (Lipinski definition) is 4. The van der Waals surface area contributed by atoms with E-state index in [0.29, 0.717) is 5.02 Å². The van der Waals surface area contributed by atoms with E-state index in [-0.39, 0.29) is 5.57 Å². The molecule has 1 saturated heterocycles. The summed E-state index contributed by atoms with van der Waals surface area (Å²) in [7, 11) is 0. The lowest BCUT2D eigenvalue weighted by Gasteiger charge is -2.39. The van der Waals surface area contributed by atoms with Crippen molar-refractivity contribution >= 4 is 34.6 Å². The fourth-order valence-corrected chi connectivity index (χ4v) is 3.54. The normalized spacial score (nSPS) is 14.2. The first-order chi connectivity index (χ1) is 13.6. The molecule has 6 heteroatoms. The van der Waals surface area contributed by atoms with Gasteiger partial charge in [0.1, 0.15) is 17.7 Å². The van der Waals surface area contributed by atoms with Gasteiger partial charge in [-0.25, -0.2) is 0 Å². The van der Waals surface area contributed by atoms with Gasteiger partial charge in [0, 0.05) is 36.9 Å². The predicted octanol–water partition coefficient (Wildman–Crippen LogP) is 5.13. The molecule has 1 heterocycles. The third-order valence-electron chi connectivity index (χ3n) is 4.60. The molecule has 0 spiro atoms. The van der Waals surface area contributed by atoms with E-state index in [1.807, 2.05) is 66.7 Å². The molecule has 4 nitrogen and oxygen atoms in total. The summed E-state index contributed by atoms with van der Waals surface area (Å²) in [5.74, 6) is 0. The summed E-state index contributed by atoms with van der Waals surface area (Å²) in [4.78, 5) is 4.52. The van der Waals surface area contributed by atoms with Crippen LogP contribution in [0.3, 0.4) is 0 Å². The monoisotopic (exact) mass is 408 g/mol. The third-order valence-corrected chi connectivity index (χ3v) is 5.17. The maximum atomic E-state index is 9.02. The van der Waals surface area contributed by atoms with Gasteiger partial charge in [-0.2, -0.15) is 10.5 Å². The number of halogens is 2. The summed E-state index contributed by atoms with van der Waals surface area (Å²) in [6, 6.07) is 19.2. The Bertz CT molecular complexity index is 957. The highest BCUT2D eigenvalue weighted by Gasteiger charge is 2.21. The van der Waals surface area contributed by atoms with Crippen LogP contribution in [0, 0.1) is 22.7 Å². The SMILES string of the molecule is N#CC(C#N)=CC=C(c1ccc(Cl)cc1)N1CCN(c2ccccc2Cl)CC1. The molecule has 2 aromatic carbocycles. The summed E-state index contributed by atoms with van der Waals surface area (Å²) >= 11 is 12.4. The molecule has 0 N–H and O–H groups in total. The van der Waals surface area contributed by atoms with Crippen LogP contribution >= 0.6 is 23.2 Å². The smallest absolute Gasteiger partial charge is 0.129 e. The third kappa shape index (κ3) is 4.67. The van der Waals surface area contributed by atoms with Crippen molar-refractivity contribution in [3.05, 3.63) is 81.9 Å². The fourth-order valence-electron chi connectivity index (χ4n) is 3.16. The van der Waals surface area contributed by atoms with Gasteiger partial charge >= 0.3 is 0 Å². The van der Waals surface area contributed by atoms with Crippen LogP contribution in [0.5, 0.6) is 0 Å². The van der Waals surface area contributed by atoms with Crippen LogP contribution in [0.25, 0.3) is 5.70 Å². The molecule has 1 fully saturated rings. The zero-order valence-corrected chi connectivity index (χ0v) is 16.7. The highest BCUT2D eigenvalue weighted by Crippen LogP contribution is 2.28. The molecule has 0 atom stereocenters. The molecule has 3 rings (SSSR count). The Morgan fingerprint density at radius 3 is 2.11 bits per heavy atom. The summed E-state index contributed by atoms with van der Waals surface area (Å²) in [5, 5.41) is 19.5. The molecule has 0 amide bonds. The standard InChI is InChI=1S/C22H18Cl2N4/c23-19-8-6-18(7-9-19)21(10-5-17(15-25)16-26)27-11-13-28(14-12-27)22-4-2-1-3-20(22)24/h1-10H,11-14H2. The zero-order chi connectivity index (χ0) is 19.9. The Balaban J connectivity index is 1.84. The molecule has 0 aromatic heterocycles. The van der Waals surface area contributed by atoms with Crippen molar-refractivity contribution in [2.75, 3.05) is 31.1 Å². The molecule has 0 radical (unpaired) electrons. The Hall–Kier alpha value is -2.92. The van der Waals surface area contributed by atoms with Gasteiger partial charge in [-0.1, -0.05) is 47.5 Å². The molecular weight excluding hydrogens is 391 g/mol. The second-order valence-corrected chi connectivity index (χ2v) is 7.13. The molecule has 2 aromatic rings. The van der Waals surface area contributed by atoms with E-state index < -0.39 is 0 Å². The first-order valence-electron chi connectivity index (χ1n) is 8.85. The molecule has 0 saturated carbocycles. The number of piperazine rings is 1. The van der Waals surface area contributed by atoms with Crippen molar-refractivity contribution in [2.24, 2.45) is 0 Å². The van der Waals surface area contributed by atoms with E-state index in [4.69, 9.17) is 33.7 Å². The van der Waals surface area contributed by atoms with Crippen LogP contribution in [-0.4, -0.2) is 31.1 Å². The molecule has 0 aliphatic carbocycles. The van der Waals surface area contributed by atoms with Crippen molar-refractivity contribution in [1.29, 1.82) is 10.5 Å². The van der Waals surface area contributed by atoms with E-state index in [1.165, 1.54) is 0 Å². The van der Waals surface area contributed by atoms with Crippen molar-refractivity contribution in [3.8, 4) is 12.1 Å². The van der Waals surface area contributed by atoms with E-state index >= 15 is 0 Å². The van der Waals surface area contributed by atoms with Crippen LogP contribution in [0.15, 0.2) is 66.3 Å². The van der Waals surface area contributed by atoms with E-state index in [0.717, 1.165) is 48.1 Å². The van der Waals surface area contributed by atoms with Crippen molar-refractivity contribution in [2.45, 2.75) is 0 Å². The Labute approximate surface area is 175 Å². The number of para-hydroxylation sites is 1. The van der Waals surface area contributed by atoms with E-state index in [9.17, 15) is 0 Å². The number of nitriles is 2. The minimum Gasteiger partial charge on any atom is -0.368 e. The van der Waals surface area contributed by atoms with Gasteiger partial charge in [0.25, 0.3) is 0 Å². The molecule has 0 bridgehead atoms. The van der Waals surface area contributed by atoms with Gasteiger partial charge in [-0.15, -0.1) is 0 Å². The lowest BCUT2D eigenvalue weighted by atomic mass is 10.1. The zero-order valence-electron chi connectivity index (χ0n) is 15.1. The average Bonchev–Trinajstić information content (AvgIpc) is 2.73. The number of allylic oxidation sites excluding steroid dienone is 3. The van der Waals surface area contributed by atoms with Gasteiger partial charge in [0.15, 0.2) is 0 Å². The minimum atomic E-state index is 0.0705. The van der Waals surface area contributed by atoms with Crippen LogP contribution in [-0.2, 0) is 0 Å². The number of hydrogen-bond donors (Lipinski definition) is 0. The van der Waals surface area contributed by atoms with E-state index in [2.05, 4.69) is 9.80 Å². The largest absolute Gasteiger partial charge is 0.368 e. The average molecular weight is 409 g/mol. The van der Waals surface area contributed by atoms with Crippen molar-refractivity contribution in [1.82, 2.24) is 4.90 Å². The number of anilines is 1. The molecule has 28 heavy (non-hydrogen) atoms. The Kier molecular flexibility index (Phi) is 6.61. The molecule has 1 aliphatic heterocycles. The highest BCUT2D eigenvalue weighted by atomic mass is 35.5. The summed E-state index contributed by atoms with van der Waals surface area (Å²) in [6.07, 6.45) is 3.39. The van der Waals surface area contributed by atoms with Crippen molar-refractivity contribution < 1.29 is 0 Å². The first kappa shape index (κ1) is 19.8. The maximum absolute atomic E-state index is 9.02. The lowest BCUT2D eigenvalue weighted by molar-refractivity contribution is 0.367. The maximum Gasteiger partial charge on any atom is 0.129 e. The molecule has 1 aliphatic rings. The number of benzene rings is 2. The summed E-state index contributed by atoms with van der Waals surface area (Å²) in [5.41, 5.74) is 3.05. The molecule has 0 unspecified atom stereocenters. The van der Waals surface area contributed by atoms with Gasteiger partial charge in [-0.3, -0.25) is 0 Å². The van der Waals surface area contributed by atoms with Gasteiger partial charge < -0.3 is 9.80 Å². The second-order valence-electron chi connectivity index (χ2n) is 6.29. The van der Waals surface area contributed by atoms with Crippen LogP contribution in [0.2, 0.25) is 10.0 Å². The van der Waals surface area contributed by atoms with Gasteiger partial charge in [-0.05, 0) is 42.0 Å². The summed E-state index contributed by atoms with van der Waals surface area (Å²) in [6.45, 7) is 3.23. The quantitative estimate of drug-likeness (QED) is 0.519. The number of nitrogens with zero attached hydrogens (tertiary/aromatic N) is 4. The second kappa shape index (κ2) is 9.33. The molecular formula is C22H18Cl2N4. The Morgan fingerprint density at radius 1 is 0.857 bits per heavy atom. The number of rotatable bonds is 4. The fraction of sp³-hybridized carbons (Fsp3) is 0.182. The van der Waals surface area contributed by atoms with E-state index in [1.54, 1.807) is 6.08 Å². The summed E-state index contributed by atoms with van der Waals surface area (Å²) < 4.78 is 0. The predicted molar refractivity (Wildman–Crippen MR) is 114 cm³/mol. The minimum absolute atomic E-state index is 0.0705. The van der Waals surface area contributed by atoms with Crippen LogP contribution in [0.4, 0.5) is 5.69 Å². The Morgan fingerprint density at radius 2 is 1.50 bits per heavy atom. The molecule has 140 valence electrons. The lowest BCUT2D eigenvalue weighted by Crippen LogP contribution is -2.45. The first-order valence-corrected chi connectivity index (χ1v) is 9.60. The topological polar surface area (TPSA) is 54.1 Å². The highest BCUT2D eigenvalue weighted by molar-refractivity contribution is 6.33.